The number of hydrogen-bond donors (Lipinski definition) is 2. The first-order chi connectivity index (χ1) is 15.9. The molecule has 2 N–H and O–H groups in total. The van der Waals surface area contributed by atoms with E-state index in [1.54, 1.807) is 17.0 Å². The summed E-state index contributed by atoms with van der Waals surface area (Å²) in [6.45, 7) is 8.71. The van der Waals surface area contributed by atoms with E-state index in [1.807, 2.05) is 17.5 Å². The maximum Gasteiger partial charge on any atom is 0.257 e. The van der Waals surface area contributed by atoms with Crippen LogP contribution < -0.4 is 0 Å². The monoisotopic (exact) mass is 488 g/mol. The van der Waals surface area contributed by atoms with Crippen LogP contribution in [0.1, 0.15) is 28.8 Å². The van der Waals surface area contributed by atoms with Crippen molar-refractivity contribution in [3.05, 3.63) is 64.0 Å². The molecular formula is C24H25ClN2O5S. The number of aliphatic imine (C=N–C) groups is 1. The van der Waals surface area contributed by atoms with E-state index in [4.69, 9.17) is 21.1 Å². The molecule has 174 valence electrons. The van der Waals surface area contributed by atoms with Gasteiger partial charge in [0.1, 0.15) is 6.61 Å². The molecule has 1 aromatic carbocycles. The minimum Gasteiger partial charge on any atom is -0.483 e. The number of benzene rings is 1. The topological polar surface area (TPSA) is 91.6 Å². The number of ether oxygens (including phenoxy) is 2. The van der Waals surface area contributed by atoms with Crippen molar-refractivity contribution in [2.75, 3.05) is 26.3 Å². The number of piperidine rings is 1. The lowest BCUT2D eigenvalue weighted by molar-refractivity contribution is -0.0262. The Labute approximate surface area is 201 Å². The van der Waals surface area contributed by atoms with E-state index in [-0.39, 0.29) is 31.1 Å². The Hall–Kier alpha value is -2.65. The van der Waals surface area contributed by atoms with E-state index in [1.165, 1.54) is 11.3 Å². The van der Waals surface area contributed by atoms with Crippen molar-refractivity contribution >= 4 is 41.1 Å². The van der Waals surface area contributed by atoms with Gasteiger partial charge in [0.2, 0.25) is 0 Å². The molecule has 0 saturated carbocycles. The second kappa shape index (κ2) is 10.1. The van der Waals surface area contributed by atoms with E-state index in [9.17, 15) is 15.0 Å². The van der Waals surface area contributed by atoms with Gasteiger partial charge in [0, 0.05) is 34.7 Å². The molecule has 7 nitrogen and oxygen atoms in total. The number of allylic oxidation sites excluding steroid dienone is 1. The van der Waals surface area contributed by atoms with E-state index >= 15 is 0 Å². The van der Waals surface area contributed by atoms with E-state index in [0.29, 0.717) is 47.8 Å². The number of amides is 1. The highest BCUT2D eigenvalue weighted by molar-refractivity contribution is 7.13. The number of aliphatic hydroxyl groups excluding tert-OH is 2. The fourth-order valence-corrected chi connectivity index (χ4v) is 5.07. The Balaban J connectivity index is 1.52. The maximum absolute atomic E-state index is 12.8. The number of aliphatic hydroxyl groups is 2. The van der Waals surface area contributed by atoms with Gasteiger partial charge in [0.05, 0.1) is 17.7 Å². The molecule has 2 aromatic rings. The van der Waals surface area contributed by atoms with Gasteiger partial charge < -0.3 is 24.6 Å². The minimum absolute atomic E-state index is 0.0809. The molecule has 1 aromatic heterocycles. The Morgan fingerprint density at radius 1 is 1.27 bits per heavy atom. The van der Waals surface area contributed by atoms with Crippen molar-refractivity contribution in [2.45, 2.75) is 25.0 Å². The summed E-state index contributed by atoms with van der Waals surface area (Å²) in [4.78, 5) is 19.3. The highest BCUT2D eigenvalue weighted by Crippen LogP contribution is 2.38. The summed E-state index contributed by atoms with van der Waals surface area (Å²) in [6, 6.07) is 7.25. The fraction of sp³-hybridized carbons (Fsp3) is 0.333. The third kappa shape index (κ3) is 4.99. The normalized spacial score (nSPS) is 19.1. The van der Waals surface area contributed by atoms with Crippen molar-refractivity contribution in [1.29, 1.82) is 0 Å². The summed E-state index contributed by atoms with van der Waals surface area (Å²) in [6.07, 6.45) is 0.358. The first-order valence-corrected chi connectivity index (χ1v) is 11.8. The molecular weight excluding hydrogens is 464 g/mol. The number of rotatable bonds is 6. The van der Waals surface area contributed by atoms with Gasteiger partial charge in [-0.15, -0.1) is 11.3 Å². The summed E-state index contributed by atoms with van der Waals surface area (Å²) in [5, 5.41) is 21.4. The number of likely N-dealkylation sites (tertiary alicyclic amines) is 1. The van der Waals surface area contributed by atoms with Crippen molar-refractivity contribution in [2.24, 2.45) is 4.99 Å². The van der Waals surface area contributed by atoms with Crippen LogP contribution in [0.2, 0.25) is 5.02 Å². The van der Waals surface area contributed by atoms with Gasteiger partial charge in [-0.25, -0.2) is 4.99 Å². The third-order valence-electron chi connectivity index (χ3n) is 5.69. The summed E-state index contributed by atoms with van der Waals surface area (Å²) in [5.74, 6) is 0.504. The molecule has 1 atom stereocenters. The third-order valence-corrected chi connectivity index (χ3v) is 6.96. The highest BCUT2D eigenvalue weighted by atomic mass is 35.5. The average Bonchev–Trinajstić information content (AvgIpc) is 3.33. The molecule has 1 saturated heterocycles. The first kappa shape index (κ1) is 23.5. The molecule has 4 rings (SSSR count). The van der Waals surface area contributed by atoms with Gasteiger partial charge in [-0.2, -0.15) is 0 Å². The van der Waals surface area contributed by atoms with E-state index in [2.05, 4.69) is 18.3 Å². The second-order valence-electron chi connectivity index (χ2n) is 7.92. The lowest BCUT2D eigenvalue weighted by Gasteiger charge is -2.29. The van der Waals surface area contributed by atoms with Gasteiger partial charge in [0.25, 0.3) is 11.8 Å². The van der Waals surface area contributed by atoms with Crippen LogP contribution in [0.25, 0.3) is 16.0 Å². The summed E-state index contributed by atoms with van der Waals surface area (Å²) in [7, 11) is 0. The maximum atomic E-state index is 12.8. The van der Waals surface area contributed by atoms with Gasteiger partial charge >= 0.3 is 0 Å². The Bertz CT molecular complexity index is 1100. The predicted molar refractivity (Wildman–Crippen MR) is 129 cm³/mol. The average molecular weight is 489 g/mol. The van der Waals surface area contributed by atoms with Crippen LogP contribution in [0.15, 0.2) is 52.9 Å². The highest BCUT2D eigenvalue weighted by Gasteiger charge is 2.26. The lowest BCUT2D eigenvalue weighted by Crippen LogP contribution is -2.40. The number of carbonyl (C=O) groups is 1. The molecule has 2 aliphatic rings. The quantitative estimate of drug-likeness (QED) is 0.600. The van der Waals surface area contributed by atoms with E-state index < -0.39 is 6.10 Å². The van der Waals surface area contributed by atoms with Crippen LogP contribution in [0, 0.1) is 0 Å². The molecule has 0 spiro atoms. The molecule has 9 heteroatoms. The summed E-state index contributed by atoms with van der Waals surface area (Å²) < 4.78 is 11.3. The predicted octanol–water partition coefficient (Wildman–Crippen LogP) is 3.96. The van der Waals surface area contributed by atoms with Crippen molar-refractivity contribution < 1.29 is 24.5 Å². The summed E-state index contributed by atoms with van der Waals surface area (Å²) in [5.41, 5.74) is 2.75. The number of carbonyl (C=O) groups excluding carboxylic acids is 1. The van der Waals surface area contributed by atoms with Crippen LogP contribution >= 0.6 is 22.9 Å². The molecule has 0 aliphatic carbocycles. The first-order valence-electron chi connectivity index (χ1n) is 10.6. The van der Waals surface area contributed by atoms with Gasteiger partial charge in [-0.3, -0.25) is 4.79 Å². The molecule has 1 amide bonds. The molecule has 0 radical (unpaired) electrons. The lowest BCUT2D eigenvalue weighted by atomic mass is 10.0. The van der Waals surface area contributed by atoms with Crippen LogP contribution in [-0.4, -0.2) is 66.2 Å². The molecule has 3 heterocycles. The molecule has 1 unspecified atom stereocenters. The largest absolute Gasteiger partial charge is 0.483 e. The zero-order valence-electron chi connectivity index (χ0n) is 18.0. The Kier molecular flexibility index (Phi) is 7.19. The minimum atomic E-state index is -0.491. The number of nitrogens with zero attached hydrogens (tertiary/aromatic N) is 2. The fourth-order valence-electron chi connectivity index (χ4n) is 3.76. The van der Waals surface area contributed by atoms with Gasteiger partial charge in [-0.1, -0.05) is 24.2 Å². The van der Waals surface area contributed by atoms with Crippen molar-refractivity contribution in [1.82, 2.24) is 4.90 Å². The van der Waals surface area contributed by atoms with E-state index in [0.717, 1.165) is 16.0 Å². The number of hydrogen-bond acceptors (Lipinski definition) is 7. The van der Waals surface area contributed by atoms with Crippen molar-refractivity contribution in [3.8, 4) is 10.4 Å². The molecule has 0 bridgehead atoms. The van der Waals surface area contributed by atoms with Gasteiger partial charge in [-0.05, 0) is 48.7 Å². The zero-order chi connectivity index (χ0) is 23.5. The molecule has 1 fully saturated rings. The van der Waals surface area contributed by atoms with Crippen LogP contribution in [0.3, 0.4) is 0 Å². The Morgan fingerprint density at radius 3 is 2.70 bits per heavy atom. The van der Waals surface area contributed by atoms with Crippen molar-refractivity contribution in [3.63, 3.8) is 0 Å². The summed E-state index contributed by atoms with van der Waals surface area (Å²) >= 11 is 8.05. The van der Waals surface area contributed by atoms with Crippen LogP contribution in [0.5, 0.6) is 0 Å². The van der Waals surface area contributed by atoms with Crippen LogP contribution in [0.4, 0.5) is 0 Å². The smallest absolute Gasteiger partial charge is 0.257 e. The SMILES string of the molecule is C=NC1=C(C(=C)c2csc(-c3ccc(C(=O)N4CCC(O)CC4)cc3Cl)c2)OCC(CO)O1. The molecule has 33 heavy (non-hydrogen) atoms. The van der Waals surface area contributed by atoms with Gasteiger partial charge in [0.15, 0.2) is 11.9 Å². The Morgan fingerprint density at radius 2 is 2.03 bits per heavy atom. The second-order valence-corrected chi connectivity index (χ2v) is 9.24. The standard InChI is InChI=1S/C24H25ClN2O5S/c1-14(22-23(26-2)32-18(11-28)12-31-22)16-10-21(33-13-16)19-4-3-15(9-20(19)25)24(30)27-7-5-17(29)6-8-27/h3-4,9-10,13,17-18,28-29H,1-2,5-8,11-12H2. The number of halogens is 1. The zero-order valence-corrected chi connectivity index (χ0v) is 19.6. The molecule has 2 aliphatic heterocycles. The van der Waals surface area contributed by atoms with Crippen LogP contribution in [-0.2, 0) is 9.47 Å². The number of thiophene rings is 1.